The molecule has 1 aromatic carbocycles. The molecule has 1 saturated heterocycles. The van der Waals surface area contributed by atoms with Crippen LogP contribution >= 0.6 is 0 Å². The highest BCUT2D eigenvalue weighted by Crippen LogP contribution is 2.06. The van der Waals surface area contributed by atoms with E-state index < -0.39 is 0 Å². The number of piperazine rings is 1. The number of hydrogen-bond acceptors (Lipinski definition) is 2. The molecule has 0 amide bonds. The summed E-state index contributed by atoms with van der Waals surface area (Å²) in [5.41, 5.74) is 1.09. The summed E-state index contributed by atoms with van der Waals surface area (Å²) >= 11 is 0. The van der Waals surface area contributed by atoms with Gasteiger partial charge in [0, 0.05) is 32.2 Å². The van der Waals surface area contributed by atoms with Gasteiger partial charge in [-0.3, -0.25) is 0 Å². The molecule has 1 heterocycles. The molecule has 0 bridgehead atoms. The van der Waals surface area contributed by atoms with Gasteiger partial charge in [-0.2, -0.15) is 0 Å². The number of halogens is 1. The zero-order chi connectivity index (χ0) is 11.4. The van der Waals surface area contributed by atoms with Gasteiger partial charge in [-0.1, -0.05) is 12.1 Å². The Hall–Kier alpha value is -0.930. The Morgan fingerprint density at radius 3 is 3.12 bits per heavy atom. The lowest BCUT2D eigenvalue weighted by atomic mass is 10.1. The third-order valence-corrected chi connectivity index (χ3v) is 3.06. The molecule has 0 aromatic heterocycles. The van der Waals surface area contributed by atoms with Crippen LogP contribution in [0.25, 0.3) is 0 Å². The van der Waals surface area contributed by atoms with Crippen LogP contribution in [-0.4, -0.2) is 37.1 Å². The molecule has 0 spiro atoms. The standard InChI is InChI=1S/C13H19FN2/c1-11-10-16(8-6-15-11)7-5-12-3-2-4-13(14)9-12/h2-4,9,11,15H,5-8,10H2,1H3. The average Bonchev–Trinajstić information content (AvgIpc) is 2.27. The highest BCUT2D eigenvalue weighted by molar-refractivity contribution is 5.16. The van der Waals surface area contributed by atoms with Crippen LogP contribution in [0.15, 0.2) is 24.3 Å². The summed E-state index contributed by atoms with van der Waals surface area (Å²) in [5.74, 6) is -0.133. The minimum Gasteiger partial charge on any atom is -0.312 e. The normalized spacial score (nSPS) is 22.2. The van der Waals surface area contributed by atoms with E-state index >= 15 is 0 Å². The largest absolute Gasteiger partial charge is 0.312 e. The van der Waals surface area contributed by atoms with E-state index in [1.807, 2.05) is 6.07 Å². The van der Waals surface area contributed by atoms with Crippen LogP contribution in [0.3, 0.4) is 0 Å². The van der Waals surface area contributed by atoms with Crippen molar-refractivity contribution in [1.29, 1.82) is 0 Å². The summed E-state index contributed by atoms with van der Waals surface area (Å²) in [5, 5.41) is 3.42. The van der Waals surface area contributed by atoms with Crippen molar-refractivity contribution in [1.82, 2.24) is 10.2 Å². The topological polar surface area (TPSA) is 15.3 Å². The highest BCUT2D eigenvalue weighted by Gasteiger charge is 2.14. The summed E-state index contributed by atoms with van der Waals surface area (Å²) in [6.45, 7) is 6.48. The summed E-state index contributed by atoms with van der Waals surface area (Å²) < 4.78 is 13.0. The predicted molar refractivity (Wildman–Crippen MR) is 64.0 cm³/mol. The molecule has 1 aliphatic rings. The van der Waals surface area contributed by atoms with Crippen LogP contribution < -0.4 is 5.32 Å². The van der Waals surface area contributed by atoms with Crippen molar-refractivity contribution >= 4 is 0 Å². The number of rotatable bonds is 3. The Balaban J connectivity index is 1.82. The SMILES string of the molecule is CC1CN(CCc2cccc(F)c2)CCN1. The fourth-order valence-electron chi connectivity index (χ4n) is 2.19. The molecule has 16 heavy (non-hydrogen) atoms. The van der Waals surface area contributed by atoms with E-state index in [9.17, 15) is 4.39 Å². The molecule has 2 rings (SSSR count). The van der Waals surface area contributed by atoms with E-state index in [1.165, 1.54) is 6.07 Å². The highest BCUT2D eigenvalue weighted by atomic mass is 19.1. The van der Waals surface area contributed by atoms with Crippen LogP contribution in [0, 0.1) is 5.82 Å². The second-order valence-corrected chi connectivity index (χ2v) is 4.54. The lowest BCUT2D eigenvalue weighted by molar-refractivity contribution is 0.209. The molecule has 88 valence electrons. The van der Waals surface area contributed by atoms with Crippen molar-refractivity contribution in [3.05, 3.63) is 35.6 Å². The number of nitrogens with zero attached hydrogens (tertiary/aromatic N) is 1. The summed E-state index contributed by atoms with van der Waals surface area (Å²) in [6.07, 6.45) is 0.935. The molecule has 1 aliphatic heterocycles. The van der Waals surface area contributed by atoms with Crippen LogP contribution in [0.4, 0.5) is 4.39 Å². The van der Waals surface area contributed by atoms with Gasteiger partial charge in [0.15, 0.2) is 0 Å². The Labute approximate surface area is 96.5 Å². The maximum atomic E-state index is 13.0. The Morgan fingerprint density at radius 2 is 2.38 bits per heavy atom. The summed E-state index contributed by atoms with van der Waals surface area (Å²) in [7, 11) is 0. The minimum absolute atomic E-state index is 0.133. The zero-order valence-corrected chi connectivity index (χ0v) is 9.75. The van der Waals surface area contributed by atoms with Crippen LogP contribution in [-0.2, 0) is 6.42 Å². The zero-order valence-electron chi connectivity index (χ0n) is 9.75. The molecule has 3 heteroatoms. The van der Waals surface area contributed by atoms with E-state index in [2.05, 4.69) is 17.1 Å². The van der Waals surface area contributed by atoms with Crippen molar-refractivity contribution in [2.24, 2.45) is 0 Å². The lowest BCUT2D eigenvalue weighted by Gasteiger charge is -2.31. The minimum atomic E-state index is -0.133. The van der Waals surface area contributed by atoms with Crippen LogP contribution in [0.2, 0.25) is 0 Å². The molecule has 0 aliphatic carbocycles. The molecular formula is C13H19FN2. The van der Waals surface area contributed by atoms with E-state index in [-0.39, 0.29) is 5.82 Å². The summed E-state index contributed by atoms with van der Waals surface area (Å²) in [4.78, 5) is 2.44. The molecule has 1 fully saturated rings. The van der Waals surface area contributed by atoms with Gasteiger partial charge in [0.25, 0.3) is 0 Å². The first-order valence-corrected chi connectivity index (χ1v) is 5.94. The molecule has 1 unspecified atom stereocenters. The predicted octanol–water partition coefficient (Wildman–Crippen LogP) is 1.66. The van der Waals surface area contributed by atoms with Gasteiger partial charge in [0.05, 0.1) is 0 Å². The van der Waals surface area contributed by atoms with Crippen molar-refractivity contribution < 1.29 is 4.39 Å². The van der Waals surface area contributed by atoms with E-state index in [4.69, 9.17) is 0 Å². The van der Waals surface area contributed by atoms with Crippen LogP contribution in [0.5, 0.6) is 0 Å². The van der Waals surface area contributed by atoms with Crippen molar-refractivity contribution in [3.63, 3.8) is 0 Å². The fraction of sp³-hybridized carbons (Fsp3) is 0.538. The number of hydrogen-bond donors (Lipinski definition) is 1. The maximum absolute atomic E-state index is 13.0. The van der Waals surface area contributed by atoms with Crippen LogP contribution in [0.1, 0.15) is 12.5 Å². The number of nitrogens with one attached hydrogen (secondary N) is 1. The van der Waals surface area contributed by atoms with Crippen molar-refractivity contribution in [2.75, 3.05) is 26.2 Å². The third-order valence-electron chi connectivity index (χ3n) is 3.06. The van der Waals surface area contributed by atoms with E-state index in [0.717, 1.165) is 38.2 Å². The van der Waals surface area contributed by atoms with Crippen molar-refractivity contribution in [3.8, 4) is 0 Å². The molecule has 1 atom stereocenters. The quantitative estimate of drug-likeness (QED) is 0.836. The number of benzene rings is 1. The Morgan fingerprint density at radius 1 is 1.50 bits per heavy atom. The van der Waals surface area contributed by atoms with Gasteiger partial charge in [0.1, 0.15) is 5.82 Å². The molecule has 1 N–H and O–H groups in total. The van der Waals surface area contributed by atoms with Gasteiger partial charge in [0.2, 0.25) is 0 Å². The van der Waals surface area contributed by atoms with Gasteiger partial charge in [-0.15, -0.1) is 0 Å². The Bertz CT molecular complexity index is 340. The third kappa shape index (κ3) is 3.29. The molecular weight excluding hydrogens is 203 g/mol. The van der Waals surface area contributed by atoms with Gasteiger partial charge < -0.3 is 10.2 Å². The molecule has 0 saturated carbocycles. The second kappa shape index (κ2) is 5.41. The lowest BCUT2D eigenvalue weighted by Crippen LogP contribution is -2.49. The molecule has 0 radical (unpaired) electrons. The first-order valence-electron chi connectivity index (χ1n) is 5.94. The van der Waals surface area contributed by atoms with Gasteiger partial charge in [-0.05, 0) is 31.0 Å². The smallest absolute Gasteiger partial charge is 0.123 e. The maximum Gasteiger partial charge on any atom is 0.123 e. The molecule has 2 nitrogen and oxygen atoms in total. The molecule has 1 aromatic rings. The summed E-state index contributed by atoms with van der Waals surface area (Å²) in [6, 6.07) is 7.48. The second-order valence-electron chi connectivity index (χ2n) is 4.54. The first-order chi connectivity index (χ1) is 7.74. The average molecular weight is 222 g/mol. The monoisotopic (exact) mass is 222 g/mol. The van der Waals surface area contributed by atoms with Crippen molar-refractivity contribution in [2.45, 2.75) is 19.4 Å². The first kappa shape index (κ1) is 11.6. The van der Waals surface area contributed by atoms with Gasteiger partial charge in [-0.25, -0.2) is 4.39 Å². The fourth-order valence-corrected chi connectivity index (χ4v) is 2.19. The van der Waals surface area contributed by atoms with Gasteiger partial charge >= 0.3 is 0 Å². The Kier molecular flexibility index (Phi) is 3.91. The van der Waals surface area contributed by atoms with E-state index in [0.29, 0.717) is 6.04 Å². The van der Waals surface area contributed by atoms with E-state index in [1.54, 1.807) is 12.1 Å².